The fraction of sp³-hybridized carbons (Fsp3) is 0. The van der Waals surface area contributed by atoms with Gasteiger partial charge in [-0.3, -0.25) is 5.73 Å². The Balaban J connectivity index is 0.000000980. The molecular weight excluding hydrogens is 200 g/mol. The van der Waals surface area contributed by atoms with Gasteiger partial charge in [-0.15, -0.1) is 0 Å². The number of aromatic nitrogens is 1. The number of hydrogen-bond donors (Lipinski definition) is 2. The van der Waals surface area contributed by atoms with Crippen molar-refractivity contribution in [1.82, 2.24) is 0 Å². The van der Waals surface area contributed by atoms with Crippen molar-refractivity contribution >= 4 is 16.5 Å². The van der Waals surface area contributed by atoms with E-state index in [4.69, 9.17) is 5.73 Å². The number of rotatable bonds is 1. The Kier molecular flexibility index (Phi) is 3.06. The molecule has 0 amide bonds. The number of benzene rings is 1. The monoisotopic (exact) mass is 210 g/mol. The summed E-state index contributed by atoms with van der Waals surface area (Å²) in [5, 5.41) is 9.97. The van der Waals surface area contributed by atoms with Crippen LogP contribution in [0.3, 0.4) is 0 Å². The van der Waals surface area contributed by atoms with Crippen molar-refractivity contribution in [2.45, 2.75) is 0 Å². The van der Waals surface area contributed by atoms with Gasteiger partial charge in [-0.25, -0.2) is 0 Å². The van der Waals surface area contributed by atoms with Gasteiger partial charge in [0, 0.05) is 0 Å². The van der Waals surface area contributed by atoms with Gasteiger partial charge in [-0.05, 0) is 16.9 Å². The van der Waals surface area contributed by atoms with Crippen LogP contribution in [0.1, 0.15) is 0 Å². The van der Waals surface area contributed by atoms with E-state index in [0.29, 0.717) is 5.13 Å². The van der Waals surface area contributed by atoms with E-state index < -0.39 is 0 Å². The average molecular weight is 210 g/mol. The maximum atomic E-state index is 9.46. The lowest BCUT2D eigenvalue weighted by molar-refractivity contribution is -0.370. The van der Waals surface area contributed by atoms with Gasteiger partial charge < -0.3 is 10.6 Å². The van der Waals surface area contributed by atoms with Crippen molar-refractivity contribution in [2.75, 3.05) is 5.73 Å². The van der Waals surface area contributed by atoms with E-state index >= 15 is 0 Å². The number of aromatic amines is 1. The van der Waals surface area contributed by atoms with Crippen LogP contribution in [0.5, 0.6) is 5.88 Å². The Bertz CT molecular complexity index is 414. The fourth-order valence-corrected chi connectivity index (χ4v) is 1.91. The quantitative estimate of drug-likeness (QED) is 0.744. The standard InChI is InChI=1S/C9H8N2OS.H2O/c10-9-11-8(12)7(13-9)6-4-2-1-3-5-6;/h1-5,12H,(H2,10,11);1H2. The first-order chi connectivity index (χ1) is 6.27. The molecule has 5 N–H and O–H groups in total. The molecule has 0 radical (unpaired) electrons. The summed E-state index contributed by atoms with van der Waals surface area (Å²) in [4.78, 5) is 3.43. The maximum Gasteiger partial charge on any atom is 0.333 e. The Labute approximate surface area is 85.0 Å². The molecule has 74 valence electrons. The number of anilines is 1. The zero-order valence-electron chi connectivity index (χ0n) is 7.27. The number of nitrogens with two attached hydrogens (primary N) is 1. The van der Waals surface area contributed by atoms with Gasteiger partial charge in [0.25, 0.3) is 5.88 Å². The number of aromatic hydroxyl groups is 1. The normalized spacial score (nSPS) is 9.43. The van der Waals surface area contributed by atoms with E-state index in [2.05, 4.69) is 4.98 Å². The largest absolute Gasteiger partial charge is 0.870 e. The van der Waals surface area contributed by atoms with Crippen LogP contribution >= 0.6 is 11.3 Å². The van der Waals surface area contributed by atoms with E-state index in [9.17, 15) is 5.11 Å². The van der Waals surface area contributed by atoms with Gasteiger partial charge in [0.15, 0.2) is 0 Å². The lowest BCUT2D eigenvalue weighted by atomic mass is 10.2. The molecule has 0 aliphatic rings. The van der Waals surface area contributed by atoms with E-state index in [1.165, 1.54) is 11.3 Å². The molecule has 0 aliphatic heterocycles. The lowest BCUT2D eigenvalue weighted by Gasteiger charge is -1.93. The van der Waals surface area contributed by atoms with Crippen LogP contribution in [-0.4, -0.2) is 10.6 Å². The first-order valence-corrected chi connectivity index (χ1v) is 4.65. The van der Waals surface area contributed by atoms with Crippen molar-refractivity contribution < 1.29 is 15.6 Å². The van der Waals surface area contributed by atoms with Gasteiger partial charge in [0.1, 0.15) is 4.88 Å². The SMILES string of the molecule is Nc1[nH+]c(O)c(-c2ccccc2)s1.[OH-]. The second-order valence-electron chi connectivity index (χ2n) is 2.64. The van der Waals surface area contributed by atoms with Crippen LogP contribution in [0.4, 0.5) is 5.13 Å². The molecule has 14 heavy (non-hydrogen) atoms. The van der Waals surface area contributed by atoms with Crippen molar-refractivity contribution in [2.24, 2.45) is 0 Å². The number of H-pyrrole nitrogens is 1. The summed E-state index contributed by atoms with van der Waals surface area (Å²) in [5.41, 5.74) is 6.49. The molecule has 0 aliphatic carbocycles. The zero-order chi connectivity index (χ0) is 9.26. The Morgan fingerprint density at radius 3 is 2.36 bits per heavy atom. The molecule has 1 heterocycles. The Morgan fingerprint density at radius 1 is 1.21 bits per heavy atom. The molecule has 0 fully saturated rings. The third-order valence-electron chi connectivity index (χ3n) is 1.70. The van der Waals surface area contributed by atoms with Crippen LogP contribution in [0, 0.1) is 0 Å². The van der Waals surface area contributed by atoms with Gasteiger partial charge in [0.05, 0.1) is 0 Å². The molecule has 0 bridgehead atoms. The summed E-state index contributed by atoms with van der Waals surface area (Å²) in [7, 11) is 0. The summed E-state index contributed by atoms with van der Waals surface area (Å²) in [6, 6.07) is 9.63. The molecule has 5 heteroatoms. The van der Waals surface area contributed by atoms with Crippen LogP contribution in [-0.2, 0) is 0 Å². The smallest absolute Gasteiger partial charge is 0.333 e. The number of hydrogen-bond acceptors (Lipinski definition) is 4. The summed E-state index contributed by atoms with van der Waals surface area (Å²) < 4.78 is 0. The third-order valence-corrected chi connectivity index (χ3v) is 2.66. The summed E-state index contributed by atoms with van der Waals surface area (Å²) in [5.74, 6) is 0.133. The molecule has 0 atom stereocenters. The first kappa shape index (κ1) is 10.5. The molecule has 0 saturated carbocycles. The van der Waals surface area contributed by atoms with E-state index in [1.54, 1.807) is 0 Å². The number of nitrogens with one attached hydrogen (secondary N) is 1. The molecule has 1 aromatic heterocycles. The van der Waals surface area contributed by atoms with Gasteiger partial charge in [0.2, 0.25) is 0 Å². The molecule has 2 rings (SSSR count). The topological polar surface area (TPSA) is 90.4 Å². The fourth-order valence-electron chi connectivity index (χ4n) is 1.14. The highest BCUT2D eigenvalue weighted by molar-refractivity contribution is 7.18. The predicted octanol–water partition coefficient (Wildman–Crippen LogP) is 1.34. The first-order valence-electron chi connectivity index (χ1n) is 3.83. The summed E-state index contributed by atoms with van der Waals surface area (Å²) in [6.07, 6.45) is 0. The Hall–Kier alpha value is -1.59. The molecule has 0 saturated heterocycles. The van der Waals surface area contributed by atoms with Crippen LogP contribution < -0.4 is 10.7 Å². The van der Waals surface area contributed by atoms with Crippen LogP contribution in [0.15, 0.2) is 30.3 Å². The highest BCUT2D eigenvalue weighted by atomic mass is 32.1. The van der Waals surface area contributed by atoms with Crippen LogP contribution in [0.2, 0.25) is 0 Å². The molecule has 0 spiro atoms. The second-order valence-corrected chi connectivity index (χ2v) is 3.69. The Morgan fingerprint density at radius 2 is 1.86 bits per heavy atom. The van der Waals surface area contributed by atoms with Crippen molar-refractivity contribution in [1.29, 1.82) is 0 Å². The third kappa shape index (κ3) is 1.84. The second kappa shape index (κ2) is 4.08. The average Bonchev–Trinajstić information content (AvgIpc) is 2.47. The van der Waals surface area contributed by atoms with Crippen LogP contribution in [0.25, 0.3) is 10.4 Å². The van der Waals surface area contributed by atoms with E-state index in [0.717, 1.165) is 10.4 Å². The summed E-state index contributed by atoms with van der Waals surface area (Å²) >= 11 is 1.34. The molecule has 1 aromatic carbocycles. The maximum absolute atomic E-state index is 9.46. The highest BCUT2D eigenvalue weighted by Crippen LogP contribution is 2.32. The lowest BCUT2D eigenvalue weighted by Crippen LogP contribution is -2.02. The predicted molar refractivity (Wildman–Crippen MR) is 54.3 cm³/mol. The zero-order valence-corrected chi connectivity index (χ0v) is 8.08. The molecule has 4 nitrogen and oxygen atoms in total. The summed E-state index contributed by atoms with van der Waals surface area (Å²) in [6.45, 7) is 0. The van der Waals surface area contributed by atoms with Crippen molar-refractivity contribution in [3.63, 3.8) is 0 Å². The molecule has 2 aromatic rings. The van der Waals surface area contributed by atoms with E-state index in [-0.39, 0.29) is 11.4 Å². The minimum atomic E-state index is 0. The minimum absolute atomic E-state index is 0. The minimum Gasteiger partial charge on any atom is -0.870 e. The number of thiazole rings is 1. The number of nitrogen functional groups attached to an aromatic ring is 1. The van der Waals surface area contributed by atoms with E-state index in [1.807, 2.05) is 30.3 Å². The van der Waals surface area contributed by atoms with Gasteiger partial charge in [-0.1, -0.05) is 30.3 Å². The van der Waals surface area contributed by atoms with Crippen molar-refractivity contribution in [3.05, 3.63) is 30.3 Å². The molecular formula is C9H10N2O2S. The highest BCUT2D eigenvalue weighted by Gasteiger charge is 2.13. The van der Waals surface area contributed by atoms with Gasteiger partial charge in [-0.2, -0.15) is 4.98 Å². The van der Waals surface area contributed by atoms with Crippen molar-refractivity contribution in [3.8, 4) is 16.3 Å². The van der Waals surface area contributed by atoms with Gasteiger partial charge >= 0.3 is 5.13 Å². The molecule has 0 unspecified atom stereocenters.